The van der Waals surface area contributed by atoms with Crippen molar-refractivity contribution in [3.63, 3.8) is 0 Å². The average molecular weight is 499 g/mol. The van der Waals surface area contributed by atoms with E-state index < -0.39 is 49.8 Å². The molecule has 1 aliphatic heterocycles. The third-order valence-corrected chi connectivity index (χ3v) is 5.90. The van der Waals surface area contributed by atoms with Crippen molar-refractivity contribution in [3.05, 3.63) is 46.4 Å². The summed E-state index contributed by atoms with van der Waals surface area (Å²) in [4.78, 5) is 16.7. The van der Waals surface area contributed by atoms with Crippen molar-refractivity contribution in [1.29, 1.82) is 0 Å². The Balaban J connectivity index is 1.41. The highest BCUT2D eigenvalue weighted by Crippen LogP contribution is 2.35. The van der Waals surface area contributed by atoms with Crippen LogP contribution in [-0.4, -0.2) is 75.2 Å². The number of hydrogen-bond donors (Lipinski definition) is 5. The lowest BCUT2D eigenvalue weighted by atomic mass is 9.99. The van der Waals surface area contributed by atoms with Gasteiger partial charge in [0.25, 0.3) is 0 Å². The molecule has 10 nitrogen and oxygen atoms in total. The second-order valence-electron chi connectivity index (χ2n) is 7.36. The van der Waals surface area contributed by atoms with E-state index in [1.54, 1.807) is 36.4 Å². The van der Waals surface area contributed by atoms with Gasteiger partial charge in [-0.15, -0.1) is 0 Å². The smallest absolute Gasteiger partial charge is 0.250 e. The van der Waals surface area contributed by atoms with E-state index in [9.17, 15) is 25.2 Å². The van der Waals surface area contributed by atoms with Gasteiger partial charge >= 0.3 is 0 Å². The quantitative estimate of drug-likeness (QED) is 0.340. The number of anilines is 1. The minimum absolute atomic E-state index is 0.270. The summed E-state index contributed by atoms with van der Waals surface area (Å²) in [7, 11) is 0. The predicted octanol–water partition coefficient (Wildman–Crippen LogP) is 1.56. The van der Waals surface area contributed by atoms with Crippen molar-refractivity contribution in [1.82, 2.24) is 4.98 Å². The molecular weight excluding hydrogens is 479 g/mol. The topological polar surface area (TPSA) is 155 Å². The number of halogens is 2. The summed E-state index contributed by atoms with van der Waals surface area (Å²) in [5, 5.41) is 42.0. The number of rotatable bonds is 6. The second-order valence-corrected chi connectivity index (χ2v) is 8.14. The molecule has 1 aliphatic rings. The van der Waals surface area contributed by atoms with Crippen molar-refractivity contribution in [2.45, 2.75) is 30.7 Å². The molecule has 0 unspecified atom stereocenters. The molecule has 5 N–H and O–H groups in total. The summed E-state index contributed by atoms with van der Waals surface area (Å²) >= 11 is 12.3. The van der Waals surface area contributed by atoms with Gasteiger partial charge in [-0.2, -0.15) is 0 Å². The molecule has 0 saturated carbocycles. The average Bonchev–Trinajstić information content (AvgIpc) is 3.22. The van der Waals surface area contributed by atoms with E-state index in [4.69, 9.17) is 37.1 Å². The fraction of sp³-hybridized carbons (Fsp3) is 0.333. The molecular formula is C21H20Cl2N2O8. The molecule has 1 fully saturated rings. The van der Waals surface area contributed by atoms with Crippen molar-refractivity contribution >= 4 is 45.9 Å². The molecule has 3 aromatic rings. The third-order valence-electron chi connectivity index (χ3n) is 5.08. The standard InChI is InChI=1S/C21H20Cl2N2O8/c22-11-3-1-2-10(16(11)23)20-25-12-6-9(4-5-13(12)32-20)24-15(27)8-31-21-19(30)18(29)17(28)14(7-26)33-21/h1-6,14,17-19,21,26,28-30H,7-8H2,(H,24,27)/t14-,17-,18+,19+,21-/m1/s1. The largest absolute Gasteiger partial charge is 0.436 e. The number of benzene rings is 2. The van der Waals surface area contributed by atoms with Gasteiger partial charge in [0.15, 0.2) is 11.9 Å². The molecule has 4 rings (SSSR count). The van der Waals surface area contributed by atoms with Crippen LogP contribution in [0.3, 0.4) is 0 Å². The molecule has 1 amide bonds. The first-order chi connectivity index (χ1) is 15.8. The van der Waals surface area contributed by atoms with Crippen LogP contribution >= 0.6 is 23.2 Å². The first-order valence-electron chi connectivity index (χ1n) is 9.85. The number of nitrogens with one attached hydrogen (secondary N) is 1. The van der Waals surface area contributed by atoms with Crippen LogP contribution in [0, 0.1) is 0 Å². The van der Waals surface area contributed by atoms with Gasteiger partial charge in [0.2, 0.25) is 11.8 Å². The molecule has 176 valence electrons. The molecule has 0 spiro atoms. The Morgan fingerprint density at radius 3 is 2.67 bits per heavy atom. The van der Waals surface area contributed by atoms with E-state index in [2.05, 4.69) is 10.3 Å². The fourth-order valence-electron chi connectivity index (χ4n) is 3.35. The highest BCUT2D eigenvalue weighted by molar-refractivity contribution is 6.43. The normalized spacial score (nSPS) is 25.3. The van der Waals surface area contributed by atoms with Gasteiger partial charge in [0, 0.05) is 5.69 Å². The maximum absolute atomic E-state index is 12.3. The van der Waals surface area contributed by atoms with E-state index >= 15 is 0 Å². The number of aromatic nitrogens is 1. The van der Waals surface area contributed by atoms with Gasteiger partial charge in [-0.05, 0) is 30.3 Å². The molecule has 2 heterocycles. The zero-order chi connectivity index (χ0) is 23.7. The van der Waals surface area contributed by atoms with Crippen molar-refractivity contribution in [2.24, 2.45) is 0 Å². The Bertz CT molecular complexity index is 1150. The maximum atomic E-state index is 12.3. The van der Waals surface area contributed by atoms with E-state index in [0.717, 1.165) is 0 Å². The number of carbonyl (C=O) groups is 1. The predicted molar refractivity (Wildman–Crippen MR) is 118 cm³/mol. The van der Waals surface area contributed by atoms with Gasteiger partial charge < -0.3 is 39.6 Å². The first-order valence-corrected chi connectivity index (χ1v) is 10.6. The number of ether oxygens (including phenoxy) is 2. The number of hydrogen-bond acceptors (Lipinski definition) is 9. The molecule has 0 aliphatic carbocycles. The zero-order valence-corrected chi connectivity index (χ0v) is 18.4. The second kappa shape index (κ2) is 9.92. The van der Waals surface area contributed by atoms with Crippen LogP contribution in [0.5, 0.6) is 0 Å². The van der Waals surface area contributed by atoms with E-state index in [1.807, 2.05) is 0 Å². The third kappa shape index (κ3) is 4.98. The highest BCUT2D eigenvalue weighted by Gasteiger charge is 2.44. The lowest BCUT2D eigenvalue weighted by molar-refractivity contribution is -0.299. The van der Waals surface area contributed by atoms with Crippen molar-refractivity contribution < 1.29 is 39.1 Å². The molecule has 5 atom stereocenters. The molecule has 0 radical (unpaired) electrons. The maximum Gasteiger partial charge on any atom is 0.250 e. The minimum atomic E-state index is -1.60. The highest BCUT2D eigenvalue weighted by atomic mass is 35.5. The number of aliphatic hydroxyl groups is 4. The molecule has 1 aromatic heterocycles. The Morgan fingerprint density at radius 1 is 1.12 bits per heavy atom. The van der Waals surface area contributed by atoms with Gasteiger partial charge in [-0.25, -0.2) is 4.98 Å². The zero-order valence-electron chi connectivity index (χ0n) is 16.9. The number of oxazole rings is 1. The van der Waals surface area contributed by atoms with E-state index in [1.165, 1.54) is 0 Å². The molecule has 1 saturated heterocycles. The summed E-state index contributed by atoms with van der Waals surface area (Å²) in [5.74, 6) is -0.306. The summed E-state index contributed by atoms with van der Waals surface area (Å²) in [6, 6.07) is 9.90. The number of amides is 1. The van der Waals surface area contributed by atoms with Crippen LogP contribution in [0.2, 0.25) is 10.0 Å². The monoisotopic (exact) mass is 498 g/mol. The lowest BCUT2D eigenvalue weighted by Gasteiger charge is -2.39. The minimum Gasteiger partial charge on any atom is -0.436 e. The van der Waals surface area contributed by atoms with Gasteiger partial charge in [-0.3, -0.25) is 4.79 Å². The van der Waals surface area contributed by atoms with Crippen molar-refractivity contribution in [2.75, 3.05) is 18.5 Å². The van der Waals surface area contributed by atoms with Crippen LogP contribution in [-0.2, 0) is 14.3 Å². The van der Waals surface area contributed by atoms with Gasteiger partial charge in [0.05, 0.1) is 22.2 Å². The Hall–Kier alpha value is -2.28. The number of nitrogens with zero attached hydrogens (tertiary/aromatic N) is 1. The Kier molecular flexibility index (Phi) is 7.17. The van der Waals surface area contributed by atoms with Gasteiger partial charge in [-0.1, -0.05) is 29.3 Å². The molecule has 0 bridgehead atoms. The summed E-state index contributed by atoms with van der Waals surface area (Å²) in [5.41, 5.74) is 1.87. The van der Waals surface area contributed by atoms with Crippen LogP contribution in [0.25, 0.3) is 22.6 Å². The lowest BCUT2D eigenvalue weighted by Crippen LogP contribution is -2.59. The van der Waals surface area contributed by atoms with Crippen LogP contribution in [0.1, 0.15) is 0 Å². The Morgan fingerprint density at radius 2 is 1.91 bits per heavy atom. The van der Waals surface area contributed by atoms with E-state index in [0.29, 0.717) is 32.4 Å². The van der Waals surface area contributed by atoms with Crippen LogP contribution in [0.15, 0.2) is 40.8 Å². The SMILES string of the molecule is O=C(CO[C@@H]1O[C@H](CO)[C@@H](O)[C@H](O)[C@@H]1O)Nc1ccc2oc(-c3cccc(Cl)c3Cl)nc2c1. The summed E-state index contributed by atoms with van der Waals surface area (Å²) < 4.78 is 16.2. The van der Waals surface area contributed by atoms with Crippen molar-refractivity contribution in [3.8, 4) is 11.5 Å². The van der Waals surface area contributed by atoms with Crippen LogP contribution < -0.4 is 5.32 Å². The molecule has 2 aromatic carbocycles. The van der Waals surface area contributed by atoms with E-state index in [-0.39, 0.29) is 5.89 Å². The number of carbonyl (C=O) groups excluding carboxylic acids is 1. The Labute approximate surface area is 197 Å². The van der Waals surface area contributed by atoms with Gasteiger partial charge in [0.1, 0.15) is 36.5 Å². The molecule has 33 heavy (non-hydrogen) atoms. The van der Waals surface area contributed by atoms with Crippen LogP contribution in [0.4, 0.5) is 5.69 Å². The summed E-state index contributed by atoms with van der Waals surface area (Å²) in [6.07, 6.45) is -7.25. The number of aliphatic hydroxyl groups excluding tert-OH is 4. The number of fused-ring (bicyclic) bond motifs is 1. The first kappa shape index (κ1) is 23.9. The molecule has 12 heteroatoms. The fourth-order valence-corrected chi connectivity index (χ4v) is 3.73. The summed E-state index contributed by atoms with van der Waals surface area (Å²) in [6.45, 7) is -1.12.